The first kappa shape index (κ1) is 11.9. The van der Waals surface area contributed by atoms with Crippen LogP contribution in [0.25, 0.3) is 0 Å². The lowest BCUT2D eigenvalue weighted by Gasteiger charge is -2.25. The standard InChI is InChI=1S/C12H20O5/c1-11(2)14-6-8(15-11)9-10-7(5-13-9)16-12(3,4)17-10/h7-10H,5-6H2,1-4H3/t7-,8+,9-,10-/m0/s1. The fraction of sp³-hybridized carbons (Fsp3) is 1.00. The van der Waals surface area contributed by atoms with E-state index in [1.54, 1.807) is 0 Å². The summed E-state index contributed by atoms with van der Waals surface area (Å²) in [6.07, 6.45) is -0.198. The average molecular weight is 244 g/mol. The van der Waals surface area contributed by atoms with Gasteiger partial charge in [0.15, 0.2) is 11.6 Å². The van der Waals surface area contributed by atoms with Gasteiger partial charge < -0.3 is 23.7 Å². The molecule has 0 bridgehead atoms. The van der Waals surface area contributed by atoms with E-state index in [0.29, 0.717) is 13.2 Å². The molecular weight excluding hydrogens is 224 g/mol. The molecule has 4 atom stereocenters. The highest BCUT2D eigenvalue weighted by molar-refractivity contribution is 4.97. The second-order valence-electron chi connectivity index (χ2n) is 5.80. The highest BCUT2D eigenvalue weighted by atomic mass is 16.8. The van der Waals surface area contributed by atoms with Crippen molar-refractivity contribution in [3.05, 3.63) is 0 Å². The lowest BCUT2D eigenvalue weighted by molar-refractivity contribution is -0.195. The van der Waals surface area contributed by atoms with Crippen LogP contribution in [0.1, 0.15) is 27.7 Å². The van der Waals surface area contributed by atoms with Gasteiger partial charge in [-0.15, -0.1) is 0 Å². The molecule has 0 aliphatic carbocycles. The molecule has 0 aromatic heterocycles. The molecule has 3 aliphatic rings. The third kappa shape index (κ3) is 2.11. The molecule has 5 heteroatoms. The molecule has 3 fully saturated rings. The highest BCUT2D eigenvalue weighted by Crippen LogP contribution is 2.39. The van der Waals surface area contributed by atoms with Gasteiger partial charge in [-0.1, -0.05) is 0 Å². The van der Waals surface area contributed by atoms with Crippen LogP contribution in [-0.2, 0) is 23.7 Å². The second-order valence-corrected chi connectivity index (χ2v) is 5.80. The van der Waals surface area contributed by atoms with Crippen LogP contribution in [0.15, 0.2) is 0 Å². The average Bonchev–Trinajstić information content (AvgIpc) is 2.77. The lowest BCUT2D eigenvalue weighted by Crippen LogP contribution is -2.40. The van der Waals surface area contributed by atoms with Crippen molar-refractivity contribution in [2.24, 2.45) is 0 Å². The van der Waals surface area contributed by atoms with Crippen LogP contribution in [0.4, 0.5) is 0 Å². The summed E-state index contributed by atoms with van der Waals surface area (Å²) in [7, 11) is 0. The summed E-state index contributed by atoms with van der Waals surface area (Å²) in [5.74, 6) is -1.05. The first-order valence-corrected chi connectivity index (χ1v) is 6.15. The number of fused-ring (bicyclic) bond motifs is 1. The van der Waals surface area contributed by atoms with Crippen LogP contribution >= 0.6 is 0 Å². The van der Waals surface area contributed by atoms with E-state index in [1.807, 2.05) is 27.7 Å². The van der Waals surface area contributed by atoms with Gasteiger partial charge in [0, 0.05) is 0 Å². The Morgan fingerprint density at radius 1 is 0.765 bits per heavy atom. The summed E-state index contributed by atoms with van der Waals surface area (Å²) in [5, 5.41) is 0. The van der Waals surface area contributed by atoms with Crippen molar-refractivity contribution in [1.82, 2.24) is 0 Å². The van der Waals surface area contributed by atoms with Gasteiger partial charge >= 0.3 is 0 Å². The van der Waals surface area contributed by atoms with E-state index in [9.17, 15) is 0 Å². The van der Waals surface area contributed by atoms with Gasteiger partial charge in [0.1, 0.15) is 24.4 Å². The number of hydrogen-bond acceptors (Lipinski definition) is 5. The molecule has 0 aromatic carbocycles. The topological polar surface area (TPSA) is 46.2 Å². The zero-order valence-electron chi connectivity index (χ0n) is 10.8. The Balaban J connectivity index is 1.70. The van der Waals surface area contributed by atoms with Crippen LogP contribution in [-0.4, -0.2) is 49.2 Å². The lowest BCUT2D eigenvalue weighted by atomic mass is 10.1. The van der Waals surface area contributed by atoms with Crippen LogP contribution < -0.4 is 0 Å². The van der Waals surface area contributed by atoms with E-state index in [0.717, 1.165) is 0 Å². The van der Waals surface area contributed by atoms with Gasteiger partial charge in [0.25, 0.3) is 0 Å². The van der Waals surface area contributed by atoms with Crippen molar-refractivity contribution in [3.63, 3.8) is 0 Å². The van der Waals surface area contributed by atoms with Gasteiger partial charge in [-0.2, -0.15) is 0 Å². The summed E-state index contributed by atoms with van der Waals surface area (Å²) in [6.45, 7) is 8.80. The second kappa shape index (κ2) is 3.65. The molecule has 0 spiro atoms. The zero-order chi connectivity index (χ0) is 12.3. The minimum absolute atomic E-state index is 0.0160. The van der Waals surface area contributed by atoms with E-state index < -0.39 is 11.6 Å². The Bertz CT molecular complexity index is 314. The van der Waals surface area contributed by atoms with Crippen molar-refractivity contribution >= 4 is 0 Å². The molecule has 0 unspecified atom stereocenters. The van der Waals surface area contributed by atoms with E-state index in [4.69, 9.17) is 23.7 Å². The maximum atomic E-state index is 5.88. The first-order valence-electron chi connectivity index (χ1n) is 6.15. The van der Waals surface area contributed by atoms with Crippen LogP contribution in [0.3, 0.4) is 0 Å². The van der Waals surface area contributed by atoms with Crippen molar-refractivity contribution in [2.75, 3.05) is 13.2 Å². The summed E-state index contributed by atoms with van der Waals surface area (Å²) >= 11 is 0. The first-order chi connectivity index (χ1) is 7.86. The summed E-state index contributed by atoms with van der Waals surface area (Å²) in [6, 6.07) is 0. The van der Waals surface area contributed by atoms with Crippen LogP contribution in [0.2, 0.25) is 0 Å². The fourth-order valence-electron chi connectivity index (χ4n) is 2.77. The SMILES string of the molecule is CC1(C)O[C@@H]2[C@H]([C@H]3COC(C)(C)O3)OC[C@@H]2O1. The smallest absolute Gasteiger partial charge is 0.164 e. The molecule has 3 aliphatic heterocycles. The van der Waals surface area contributed by atoms with Crippen LogP contribution in [0.5, 0.6) is 0 Å². The Hall–Kier alpha value is -0.200. The van der Waals surface area contributed by atoms with Gasteiger partial charge in [-0.05, 0) is 27.7 Å². The molecular formula is C12H20O5. The Morgan fingerprint density at radius 3 is 2.06 bits per heavy atom. The molecule has 17 heavy (non-hydrogen) atoms. The van der Waals surface area contributed by atoms with E-state index in [-0.39, 0.29) is 24.4 Å². The molecule has 0 aromatic rings. The molecule has 0 amide bonds. The van der Waals surface area contributed by atoms with E-state index in [1.165, 1.54) is 0 Å². The van der Waals surface area contributed by atoms with Gasteiger partial charge in [0.2, 0.25) is 0 Å². The molecule has 5 nitrogen and oxygen atoms in total. The summed E-state index contributed by atoms with van der Waals surface area (Å²) in [4.78, 5) is 0. The Kier molecular flexibility index (Phi) is 2.55. The van der Waals surface area contributed by atoms with Gasteiger partial charge in [0.05, 0.1) is 13.2 Å². The van der Waals surface area contributed by atoms with Crippen molar-refractivity contribution in [1.29, 1.82) is 0 Å². The van der Waals surface area contributed by atoms with Crippen molar-refractivity contribution in [3.8, 4) is 0 Å². The third-order valence-electron chi connectivity index (χ3n) is 3.40. The normalized spacial score (nSPS) is 47.3. The predicted molar refractivity (Wildman–Crippen MR) is 58.5 cm³/mol. The molecule has 0 radical (unpaired) electrons. The largest absolute Gasteiger partial charge is 0.370 e. The molecule has 0 saturated carbocycles. The van der Waals surface area contributed by atoms with Gasteiger partial charge in [-0.25, -0.2) is 0 Å². The van der Waals surface area contributed by atoms with E-state index in [2.05, 4.69) is 0 Å². The maximum absolute atomic E-state index is 5.88. The number of ether oxygens (including phenoxy) is 5. The molecule has 0 N–H and O–H groups in total. The van der Waals surface area contributed by atoms with E-state index >= 15 is 0 Å². The fourth-order valence-corrected chi connectivity index (χ4v) is 2.77. The Morgan fingerprint density at radius 2 is 1.41 bits per heavy atom. The Labute approximate surface area is 101 Å². The zero-order valence-corrected chi connectivity index (χ0v) is 10.8. The third-order valence-corrected chi connectivity index (χ3v) is 3.40. The highest BCUT2D eigenvalue weighted by Gasteiger charge is 2.54. The molecule has 3 rings (SSSR count). The molecule has 3 heterocycles. The number of rotatable bonds is 1. The summed E-state index contributed by atoms with van der Waals surface area (Å²) in [5.41, 5.74) is 0. The van der Waals surface area contributed by atoms with Crippen molar-refractivity contribution < 1.29 is 23.7 Å². The molecule has 3 saturated heterocycles. The minimum Gasteiger partial charge on any atom is -0.370 e. The monoisotopic (exact) mass is 244 g/mol. The summed E-state index contributed by atoms with van der Waals surface area (Å²) < 4.78 is 28.8. The molecule has 98 valence electrons. The van der Waals surface area contributed by atoms with Crippen LogP contribution in [0, 0.1) is 0 Å². The minimum atomic E-state index is -0.527. The number of hydrogen-bond donors (Lipinski definition) is 0. The predicted octanol–water partition coefficient (Wildman–Crippen LogP) is 1.06. The quantitative estimate of drug-likeness (QED) is 0.690. The van der Waals surface area contributed by atoms with Crippen molar-refractivity contribution in [2.45, 2.75) is 63.7 Å². The maximum Gasteiger partial charge on any atom is 0.164 e. The van der Waals surface area contributed by atoms with Gasteiger partial charge in [-0.3, -0.25) is 0 Å².